The molecule has 0 radical (unpaired) electrons. The Morgan fingerprint density at radius 2 is 0.526 bits per heavy atom. The normalized spacial score (nSPS) is 12.8. The second kappa shape index (κ2) is 84.0. The van der Waals surface area contributed by atoms with Crippen LogP contribution in [0, 0.1) is 0 Å². The second-order valence-corrected chi connectivity index (χ2v) is 29.5. The third-order valence-electron chi connectivity index (χ3n) is 20.0. The zero-order chi connectivity index (χ0) is 68.4. The van der Waals surface area contributed by atoms with Crippen molar-refractivity contribution in [3.05, 3.63) is 60.8 Å². The van der Waals surface area contributed by atoms with Crippen LogP contribution in [-0.4, -0.2) is 47.4 Å². The quantitative estimate of drug-likeness (QED) is 0.0320. The Kier molecular flexibility index (Phi) is 81.8. The molecular weight excluding hydrogens is 1160 g/mol. The molecule has 6 nitrogen and oxygen atoms in total. The van der Waals surface area contributed by atoms with Gasteiger partial charge in [-0.05, 0) is 96.3 Å². The standard InChI is InChI=1S/C89H167NO5/c1-3-5-7-9-11-13-15-17-19-21-22-23-41-44-47-50-53-57-61-65-69-73-77-81-87(92)86(85-91)90-88(93)82-78-74-70-66-62-58-54-51-48-45-42-39-37-35-33-31-29-27-25-24-26-28-30-32-34-36-38-40-43-46-49-52-56-60-64-68-72-76-80-84-95-89(94)83-79-75-71-67-63-59-55-20-18-16-14-12-10-8-6-4-2/h14,16,20,24-25,28,30,55,77,81,86-87,91-92H,3-13,15,17-19,21-23,26-27,29,31-54,56-76,78-80,82-85H2,1-2H3,(H,90,93)/b16-14-,25-24-,30-28-,55-20-,81-77+. The van der Waals surface area contributed by atoms with Gasteiger partial charge in [0.15, 0.2) is 0 Å². The van der Waals surface area contributed by atoms with Gasteiger partial charge in [0.1, 0.15) is 0 Å². The van der Waals surface area contributed by atoms with Gasteiger partial charge in [-0.3, -0.25) is 9.59 Å². The molecule has 0 aromatic rings. The zero-order valence-electron chi connectivity index (χ0n) is 64.2. The minimum atomic E-state index is -0.845. The molecule has 558 valence electrons. The van der Waals surface area contributed by atoms with Crippen LogP contribution >= 0.6 is 0 Å². The van der Waals surface area contributed by atoms with E-state index in [0.29, 0.717) is 19.4 Å². The summed E-state index contributed by atoms with van der Waals surface area (Å²) in [7, 11) is 0. The van der Waals surface area contributed by atoms with Crippen LogP contribution in [0.25, 0.3) is 0 Å². The first kappa shape index (κ1) is 92.6. The molecule has 0 fully saturated rings. The van der Waals surface area contributed by atoms with E-state index in [4.69, 9.17) is 4.74 Å². The number of aliphatic hydroxyl groups is 2. The number of esters is 1. The fourth-order valence-corrected chi connectivity index (χ4v) is 13.5. The summed E-state index contributed by atoms with van der Waals surface area (Å²) in [6, 6.07) is -0.628. The van der Waals surface area contributed by atoms with Crippen LogP contribution in [0.4, 0.5) is 0 Å². The van der Waals surface area contributed by atoms with Crippen molar-refractivity contribution in [3.8, 4) is 0 Å². The van der Waals surface area contributed by atoms with E-state index in [1.54, 1.807) is 6.08 Å². The summed E-state index contributed by atoms with van der Waals surface area (Å²) in [5.74, 6) is -0.0532. The summed E-state index contributed by atoms with van der Waals surface area (Å²) in [5, 5.41) is 23.3. The molecule has 2 unspecified atom stereocenters. The fourth-order valence-electron chi connectivity index (χ4n) is 13.5. The molecule has 1 amide bonds. The highest BCUT2D eigenvalue weighted by atomic mass is 16.5. The Labute approximate surface area is 594 Å². The van der Waals surface area contributed by atoms with Crippen molar-refractivity contribution in [2.75, 3.05) is 13.2 Å². The summed E-state index contributed by atoms with van der Waals surface area (Å²) in [4.78, 5) is 24.7. The number of hydrogen-bond acceptors (Lipinski definition) is 5. The lowest BCUT2D eigenvalue weighted by Gasteiger charge is -2.20. The van der Waals surface area contributed by atoms with Gasteiger partial charge >= 0.3 is 5.97 Å². The van der Waals surface area contributed by atoms with E-state index in [1.165, 1.54) is 385 Å². The van der Waals surface area contributed by atoms with Crippen molar-refractivity contribution in [3.63, 3.8) is 0 Å². The van der Waals surface area contributed by atoms with Crippen LogP contribution in [0.2, 0.25) is 0 Å². The van der Waals surface area contributed by atoms with Gasteiger partial charge in [0.2, 0.25) is 5.91 Å². The van der Waals surface area contributed by atoms with Crippen LogP contribution in [0.1, 0.15) is 470 Å². The molecule has 0 saturated heterocycles. The zero-order valence-corrected chi connectivity index (χ0v) is 64.2. The molecular formula is C89H167NO5. The van der Waals surface area contributed by atoms with E-state index in [-0.39, 0.29) is 18.5 Å². The predicted molar refractivity (Wildman–Crippen MR) is 421 cm³/mol. The topological polar surface area (TPSA) is 95.9 Å². The number of aliphatic hydroxyl groups excluding tert-OH is 2. The summed E-state index contributed by atoms with van der Waals surface area (Å²) in [6.07, 6.45) is 114. The summed E-state index contributed by atoms with van der Waals surface area (Å²) in [6.45, 7) is 4.93. The third kappa shape index (κ3) is 80.4. The van der Waals surface area contributed by atoms with Gasteiger partial charge in [-0.25, -0.2) is 0 Å². The van der Waals surface area contributed by atoms with E-state index in [1.807, 2.05) is 6.08 Å². The molecule has 0 aliphatic rings. The molecule has 0 aromatic carbocycles. The first-order valence-electron chi connectivity index (χ1n) is 43.1. The highest BCUT2D eigenvalue weighted by Crippen LogP contribution is 2.20. The van der Waals surface area contributed by atoms with Crippen LogP contribution in [0.3, 0.4) is 0 Å². The second-order valence-electron chi connectivity index (χ2n) is 29.5. The number of allylic oxidation sites excluding steroid dienone is 9. The molecule has 6 heteroatoms. The van der Waals surface area contributed by atoms with Crippen molar-refractivity contribution in [2.24, 2.45) is 0 Å². The maximum atomic E-state index is 12.6. The van der Waals surface area contributed by atoms with E-state index in [9.17, 15) is 19.8 Å². The first-order valence-corrected chi connectivity index (χ1v) is 43.1. The maximum absolute atomic E-state index is 12.6. The van der Waals surface area contributed by atoms with Crippen molar-refractivity contribution >= 4 is 11.9 Å². The van der Waals surface area contributed by atoms with Gasteiger partial charge in [-0.1, -0.05) is 421 Å². The molecule has 0 spiro atoms. The highest BCUT2D eigenvalue weighted by molar-refractivity contribution is 5.76. The van der Waals surface area contributed by atoms with Crippen molar-refractivity contribution in [2.45, 2.75) is 482 Å². The number of unbranched alkanes of at least 4 members (excludes halogenated alkanes) is 62. The first-order chi connectivity index (χ1) is 47.0. The minimum Gasteiger partial charge on any atom is -0.466 e. The van der Waals surface area contributed by atoms with E-state index < -0.39 is 12.1 Å². The number of amides is 1. The van der Waals surface area contributed by atoms with Crippen LogP contribution in [-0.2, 0) is 14.3 Å². The average molecular weight is 1330 g/mol. The smallest absolute Gasteiger partial charge is 0.305 e. The summed E-state index contributed by atoms with van der Waals surface area (Å²) in [5.41, 5.74) is 0. The van der Waals surface area contributed by atoms with E-state index in [2.05, 4.69) is 67.8 Å². The average Bonchev–Trinajstić information content (AvgIpc) is 3.06. The lowest BCUT2D eigenvalue weighted by Crippen LogP contribution is -2.45. The SMILES string of the molecule is CCCCCC/C=C\C/C=C\CCCCCCCC(=O)OCCCCCCCCCCCCCCCCC/C=C\C/C=C\CCCCCCCCCCCCCCCCCCCC(=O)NC(CO)C(O)/C=C/CCCCCCCCCCCCCCCCCCCCCCC. The Balaban J connectivity index is 3.38. The predicted octanol–water partition coefficient (Wildman–Crippen LogP) is 28.9. The molecule has 95 heavy (non-hydrogen) atoms. The van der Waals surface area contributed by atoms with E-state index >= 15 is 0 Å². The maximum Gasteiger partial charge on any atom is 0.305 e. The van der Waals surface area contributed by atoms with Gasteiger partial charge in [0.25, 0.3) is 0 Å². The number of carbonyl (C=O) groups is 2. The van der Waals surface area contributed by atoms with Crippen LogP contribution in [0.15, 0.2) is 60.8 Å². The number of ether oxygens (including phenoxy) is 1. The molecule has 0 saturated carbocycles. The molecule has 0 aliphatic heterocycles. The monoisotopic (exact) mass is 1330 g/mol. The Morgan fingerprint density at radius 1 is 0.295 bits per heavy atom. The van der Waals surface area contributed by atoms with Crippen LogP contribution in [0.5, 0.6) is 0 Å². The van der Waals surface area contributed by atoms with Crippen molar-refractivity contribution < 1.29 is 24.5 Å². The van der Waals surface area contributed by atoms with Gasteiger partial charge in [-0.2, -0.15) is 0 Å². The minimum absolute atomic E-state index is 0.00701. The van der Waals surface area contributed by atoms with Gasteiger partial charge in [0.05, 0.1) is 25.4 Å². The van der Waals surface area contributed by atoms with Gasteiger partial charge < -0.3 is 20.3 Å². The van der Waals surface area contributed by atoms with Gasteiger partial charge in [0, 0.05) is 12.8 Å². The third-order valence-corrected chi connectivity index (χ3v) is 20.0. The highest BCUT2D eigenvalue weighted by Gasteiger charge is 2.18. The van der Waals surface area contributed by atoms with Crippen molar-refractivity contribution in [1.82, 2.24) is 5.32 Å². The molecule has 3 N–H and O–H groups in total. The summed E-state index contributed by atoms with van der Waals surface area (Å²) < 4.78 is 5.50. The molecule has 0 aromatic heterocycles. The van der Waals surface area contributed by atoms with Crippen LogP contribution < -0.4 is 5.32 Å². The molecule has 0 heterocycles. The lowest BCUT2D eigenvalue weighted by atomic mass is 10.0. The molecule has 0 rings (SSSR count). The lowest BCUT2D eigenvalue weighted by molar-refractivity contribution is -0.143. The van der Waals surface area contributed by atoms with E-state index in [0.717, 1.165) is 57.8 Å². The molecule has 0 bridgehead atoms. The Hall–Kier alpha value is -2.44. The largest absolute Gasteiger partial charge is 0.466 e. The fraction of sp³-hybridized carbons (Fsp3) is 0.865. The number of rotatable bonds is 81. The van der Waals surface area contributed by atoms with Gasteiger partial charge in [-0.15, -0.1) is 0 Å². The molecule has 2 atom stereocenters. The summed E-state index contributed by atoms with van der Waals surface area (Å²) >= 11 is 0. The molecule has 0 aliphatic carbocycles. The Bertz CT molecular complexity index is 1630. The van der Waals surface area contributed by atoms with Crippen molar-refractivity contribution in [1.29, 1.82) is 0 Å². The number of carbonyl (C=O) groups excluding carboxylic acids is 2. The number of nitrogens with one attached hydrogen (secondary N) is 1. The number of hydrogen-bond donors (Lipinski definition) is 3. The Morgan fingerprint density at radius 3 is 0.811 bits per heavy atom.